The third-order valence-electron chi connectivity index (χ3n) is 1.98. The molecule has 0 saturated carbocycles. The number of fused-ring (bicyclic) bond motifs is 2. The van der Waals surface area contributed by atoms with Crippen molar-refractivity contribution in [2.75, 3.05) is 12.4 Å². The summed E-state index contributed by atoms with van der Waals surface area (Å²) in [4.78, 5) is 12.2. The monoisotopic (exact) mass is 293 g/mol. The Bertz CT molecular complexity index is 528. The third kappa shape index (κ3) is 2.67. The standard InChI is InChI=1S/C9H8ClNO4S2/c10-4-5-11-9(12)8-6-2-1-3-7(8)16-17(13,14)15-6/h1-3H,4-5H2,(H,11,12). The molecule has 0 fully saturated rings. The highest BCUT2D eigenvalue weighted by Gasteiger charge is 2.30. The highest BCUT2D eigenvalue weighted by Crippen LogP contribution is 2.40. The van der Waals surface area contributed by atoms with Gasteiger partial charge < -0.3 is 9.50 Å². The van der Waals surface area contributed by atoms with Gasteiger partial charge >= 0.3 is 9.15 Å². The Morgan fingerprint density at radius 2 is 2.24 bits per heavy atom. The smallest absolute Gasteiger partial charge is 0.370 e. The van der Waals surface area contributed by atoms with E-state index in [1.807, 2.05) is 0 Å². The molecule has 92 valence electrons. The molecule has 17 heavy (non-hydrogen) atoms. The van der Waals surface area contributed by atoms with Crippen LogP contribution < -0.4 is 9.50 Å². The van der Waals surface area contributed by atoms with Crippen LogP contribution in [0.1, 0.15) is 10.4 Å². The summed E-state index contributed by atoms with van der Waals surface area (Å²) in [6, 6.07) is 4.63. The molecule has 8 heteroatoms. The number of nitrogens with one attached hydrogen (secondary N) is 1. The quantitative estimate of drug-likeness (QED) is 0.673. The van der Waals surface area contributed by atoms with E-state index in [9.17, 15) is 13.2 Å². The number of halogens is 1. The van der Waals surface area contributed by atoms with Gasteiger partial charge in [0, 0.05) is 28.1 Å². The molecule has 1 aliphatic rings. The average molecular weight is 294 g/mol. The van der Waals surface area contributed by atoms with Crippen LogP contribution in [0.3, 0.4) is 0 Å². The molecule has 5 nitrogen and oxygen atoms in total. The molecule has 0 spiro atoms. The first-order chi connectivity index (χ1) is 8.03. The van der Waals surface area contributed by atoms with E-state index >= 15 is 0 Å². The summed E-state index contributed by atoms with van der Waals surface area (Å²) < 4.78 is 27.4. The summed E-state index contributed by atoms with van der Waals surface area (Å²) >= 11 is 5.46. The first-order valence-electron chi connectivity index (χ1n) is 4.64. The van der Waals surface area contributed by atoms with Gasteiger partial charge in [0.2, 0.25) is 0 Å². The van der Waals surface area contributed by atoms with Crippen LogP contribution in [0.25, 0.3) is 0 Å². The molecule has 0 unspecified atom stereocenters. The minimum absolute atomic E-state index is 0.0494. The molecule has 0 radical (unpaired) electrons. The van der Waals surface area contributed by atoms with E-state index in [2.05, 4.69) is 5.32 Å². The van der Waals surface area contributed by atoms with Gasteiger partial charge in [0.05, 0.1) is 5.56 Å². The lowest BCUT2D eigenvalue weighted by atomic mass is 10.2. The van der Waals surface area contributed by atoms with Crippen molar-refractivity contribution in [3.8, 4) is 5.75 Å². The Balaban J connectivity index is 2.37. The zero-order valence-electron chi connectivity index (χ0n) is 8.47. The van der Waals surface area contributed by atoms with Crippen LogP contribution in [-0.2, 0) is 9.15 Å². The van der Waals surface area contributed by atoms with E-state index in [4.69, 9.17) is 15.8 Å². The normalized spacial score (nSPS) is 16.1. The molecule has 0 aliphatic carbocycles. The van der Waals surface area contributed by atoms with Crippen molar-refractivity contribution in [1.29, 1.82) is 0 Å². The van der Waals surface area contributed by atoms with Crippen molar-refractivity contribution in [3.63, 3.8) is 0 Å². The van der Waals surface area contributed by atoms with Crippen molar-refractivity contribution in [1.82, 2.24) is 5.32 Å². The van der Waals surface area contributed by atoms with E-state index in [0.717, 1.165) is 0 Å². The van der Waals surface area contributed by atoms with Crippen LogP contribution in [0, 0.1) is 0 Å². The second kappa shape index (κ2) is 4.75. The van der Waals surface area contributed by atoms with E-state index in [1.165, 1.54) is 6.07 Å². The van der Waals surface area contributed by atoms with E-state index in [1.54, 1.807) is 12.1 Å². The van der Waals surface area contributed by atoms with Gasteiger partial charge in [-0.3, -0.25) is 4.79 Å². The molecule has 1 amide bonds. The number of hydrogen-bond acceptors (Lipinski definition) is 5. The van der Waals surface area contributed by atoms with Gasteiger partial charge in [0.1, 0.15) is 0 Å². The van der Waals surface area contributed by atoms with E-state index < -0.39 is 15.1 Å². The maximum atomic E-state index is 11.8. The minimum atomic E-state index is -3.70. The maximum absolute atomic E-state index is 11.8. The van der Waals surface area contributed by atoms with E-state index in [-0.39, 0.29) is 17.2 Å². The molecule has 1 aromatic rings. The predicted octanol–water partition coefficient (Wildman–Crippen LogP) is 1.38. The Labute approximate surface area is 107 Å². The number of benzene rings is 1. The average Bonchev–Trinajstić information content (AvgIpc) is 2.23. The fraction of sp³-hybridized carbons (Fsp3) is 0.222. The minimum Gasteiger partial charge on any atom is -0.373 e. The summed E-state index contributed by atoms with van der Waals surface area (Å²) in [5.74, 6) is -0.0535. The summed E-state index contributed by atoms with van der Waals surface area (Å²) in [5, 5.41) is 2.57. The highest BCUT2D eigenvalue weighted by molar-refractivity contribution is 8.70. The van der Waals surface area contributed by atoms with Crippen molar-refractivity contribution in [2.24, 2.45) is 0 Å². The van der Waals surface area contributed by atoms with Crippen molar-refractivity contribution in [2.45, 2.75) is 4.90 Å². The number of rotatable bonds is 3. The van der Waals surface area contributed by atoms with Gasteiger partial charge in [-0.1, -0.05) is 6.07 Å². The SMILES string of the molecule is O=C(NCCCl)c1c2cccc1SS(=O)(=O)O2. The molecule has 2 bridgehead atoms. The maximum Gasteiger partial charge on any atom is 0.370 e. The zero-order chi connectivity index (χ0) is 12.5. The van der Waals surface area contributed by atoms with Gasteiger partial charge in [0.15, 0.2) is 5.75 Å². The van der Waals surface area contributed by atoms with Crippen LogP contribution in [0.15, 0.2) is 23.1 Å². The van der Waals surface area contributed by atoms with Crippen LogP contribution in [0.4, 0.5) is 0 Å². The van der Waals surface area contributed by atoms with Gasteiger partial charge in [-0.15, -0.1) is 11.6 Å². The topological polar surface area (TPSA) is 72.5 Å². The molecule has 1 aromatic carbocycles. The lowest BCUT2D eigenvalue weighted by molar-refractivity contribution is 0.0951. The van der Waals surface area contributed by atoms with Crippen LogP contribution >= 0.6 is 22.4 Å². The molecule has 0 saturated heterocycles. The Morgan fingerprint density at radius 1 is 1.47 bits per heavy atom. The lowest BCUT2D eigenvalue weighted by Crippen LogP contribution is -2.28. The molecule has 2 rings (SSSR count). The number of hydrogen-bond donors (Lipinski definition) is 1. The van der Waals surface area contributed by atoms with Crippen molar-refractivity contribution in [3.05, 3.63) is 23.8 Å². The Kier molecular flexibility index (Phi) is 3.50. The molecule has 1 N–H and O–H groups in total. The molecular weight excluding hydrogens is 286 g/mol. The van der Waals surface area contributed by atoms with Crippen molar-refractivity contribution < 1.29 is 17.4 Å². The highest BCUT2D eigenvalue weighted by atomic mass is 35.5. The lowest BCUT2D eigenvalue weighted by Gasteiger charge is -2.18. The first-order valence-corrected chi connectivity index (χ1v) is 7.92. The predicted molar refractivity (Wildman–Crippen MR) is 64.9 cm³/mol. The third-order valence-corrected chi connectivity index (χ3v) is 4.63. The fourth-order valence-electron chi connectivity index (χ4n) is 1.36. The number of alkyl halides is 1. The first kappa shape index (κ1) is 12.5. The van der Waals surface area contributed by atoms with Gasteiger partial charge in [-0.2, -0.15) is 8.42 Å². The number of amides is 1. The Morgan fingerprint density at radius 3 is 2.88 bits per heavy atom. The second-order valence-electron chi connectivity index (χ2n) is 3.15. The summed E-state index contributed by atoms with van der Waals surface area (Å²) in [5.41, 5.74) is 0.234. The molecule has 1 aliphatic heterocycles. The molecular formula is C9H8ClNO4S2. The van der Waals surface area contributed by atoms with Crippen LogP contribution in [0.2, 0.25) is 0 Å². The van der Waals surface area contributed by atoms with Crippen LogP contribution in [0.5, 0.6) is 5.75 Å². The largest absolute Gasteiger partial charge is 0.373 e. The molecule has 0 aromatic heterocycles. The summed E-state index contributed by atoms with van der Waals surface area (Å²) in [6.45, 7) is 0.311. The molecule has 1 heterocycles. The van der Waals surface area contributed by atoms with E-state index in [0.29, 0.717) is 22.2 Å². The number of carbonyl (C=O) groups excluding carboxylic acids is 1. The van der Waals surface area contributed by atoms with Gasteiger partial charge in [-0.05, 0) is 12.1 Å². The summed E-state index contributed by atoms with van der Waals surface area (Å²) in [7, 11) is -3.17. The molecule has 0 atom stereocenters. The fourth-order valence-corrected chi connectivity index (χ4v) is 3.88. The second-order valence-corrected chi connectivity index (χ2v) is 6.84. The zero-order valence-corrected chi connectivity index (χ0v) is 10.9. The Hall–Kier alpha value is -0.920. The van der Waals surface area contributed by atoms with Crippen LogP contribution in [-0.4, -0.2) is 26.7 Å². The summed E-state index contributed by atoms with van der Waals surface area (Å²) in [6.07, 6.45) is 0. The number of carbonyl (C=O) groups is 1. The van der Waals surface area contributed by atoms with Gasteiger partial charge in [0.25, 0.3) is 5.91 Å². The van der Waals surface area contributed by atoms with Gasteiger partial charge in [-0.25, -0.2) is 0 Å². The van der Waals surface area contributed by atoms with Crippen molar-refractivity contribution >= 4 is 37.5 Å².